The summed E-state index contributed by atoms with van der Waals surface area (Å²) in [4.78, 5) is 2.78. The molecule has 4 rings (SSSR count). The third-order valence-electron chi connectivity index (χ3n) is 5.25. The van der Waals surface area contributed by atoms with Gasteiger partial charge in [-0.05, 0) is 63.9 Å². The van der Waals surface area contributed by atoms with E-state index in [0.717, 1.165) is 6.04 Å². The van der Waals surface area contributed by atoms with Gasteiger partial charge in [0.05, 0.1) is 0 Å². The number of hydrogen-bond acceptors (Lipinski definition) is 1. The highest BCUT2D eigenvalue weighted by Crippen LogP contribution is 2.48. The lowest BCUT2D eigenvalue weighted by Gasteiger charge is -2.57. The SMILES string of the molecule is CC(C)(C)N1CC2(Cc3ccccc3)CCC1CC2. The van der Waals surface area contributed by atoms with Crippen LogP contribution < -0.4 is 0 Å². The van der Waals surface area contributed by atoms with E-state index in [9.17, 15) is 0 Å². The summed E-state index contributed by atoms with van der Waals surface area (Å²) in [6.45, 7) is 8.44. The predicted octanol–water partition coefficient (Wildman–Crippen LogP) is 4.27. The van der Waals surface area contributed by atoms with Crippen molar-refractivity contribution >= 4 is 0 Å². The molecule has 1 aromatic rings. The highest BCUT2D eigenvalue weighted by Gasteiger charge is 2.47. The zero-order valence-corrected chi connectivity index (χ0v) is 12.7. The molecular formula is C18H27N. The van der Waals surface area contributed by atoms with Crippen molar-refractivity contribution in [3.05, 3.63) is 35.9 Å². The van der Waals surface area contributed by atoms with Gasteiger partial charge < -0.3 is 0 Å². The van der Waals surface area contributed by atoms with Crippen LogP contribution in [0.3, 0.4) is 0 Å². The lowest BCUT2D eigenvalue weighted by Crippen LogP contribution is -2.60. The Morgan fingerprint density at radius 1 is 1.11 bits per heavy atom. The molecule has 0 radical (unpaired) electrons. The molecule has 1 nitrogen and oxygen atoms in total. The van der Waals surface area contributed by atoms with Crippen LogP contribution in [-0.2, 0) is 6.42 Å². The molecule has 1 heteroatoms. The Hall–Kier alpha value is -0.820. The second-order valence-electron chi connectivity index (χ2n) is 7.69. The topological polar surface area (TPSA) is 3.24 Å². The van der Waals surface area contributed by atoms with Crippen molar-refractivity contribution in [1.29, 1.82) is 0 Å². The average molecular weight is 257 g/mol. The van der Waals surface area contributed by atoms with E-state index in [1.807, 2.05) is 0 Å². The fraction of sp³-hybridized carbons (Fsp3) is 0.667. The van der Waals surface area contributed by atoms with Crippen LogP contribution in [0.1, 0.15) is 52.0 Å². The van der Waals surface area contributed by atoms with Crippen molar-refractivity contribution in [3.8, 4) is 0 Å². The third kappa shape index (κ3) is 2.58. The van der Waals surface area contributed by atoms with Gasteiger partial charge in [0.25, 0.3) is 0 Å². The van der Waals surface area contributed by atoms with E-state index in [1.165, 1.54) is 44.2 Å². The van der Waals surface area contributed by atoms with E-state index >= 15 is 0 Å². The number of fused-ring (bicyclic) bond motifs is 3. The average Bonchev–Trinajstić information content (AvgIpc) is 2.39. The Bertz CT molecular complexity index is 421. The van der Waals surface area contributed by atoms with E-state index < -0.39 is 0 Å². The van der Waals surface area contributed by atoms with Gasteiger partial charge in [-0.25, -0.2) is 0 Å². The van der Waals surface area contributed by atoms with Crippen LogP contribution in [0.2, 0.25) is 0 Å². The maximum atomic E-state index is 2.78. The number of hydrogen-bond donors (Lipinski definition) is 0. The summed E-state index contributed by atoms with van der Waals surface area (Å²) in [7, 11) is 0. The van der Waals surface area contributed by atoms with Crippen molar-refractivity contribution in [2.75, 3.05) is 6.54 Å². The van der Waals surface area contributed by atoms with Crippen LogP contribution >= 0.6 is 0 Å². The molecule has 19 heavy (non-hydrogen) atoms. The molecule has 104 valence electrons. The first-order valence-corrected chi connectivity index (χ1v) is 7.79. The largest absolute Gasteiger partial charge is 0.295 e. The molecule has 0 spiro atoms. The summed E-state index contributed by atoms with van der Waals surface area (Å²) >= 11 is 0. The lowest BCUT2D eigenvalue weighted by atomic mass is 9.64. The Morgan fingerprint density at radius 2 is 1.74 bits per heavy atom. The van der Waals surface area contributed by atoms with Gasteiger partial charge in [0, 0.05) is 18.1 Å². The number of benzene rings is 1. The van der Waals surface area contributed by atoms with Gasteiger partial charge in [0.2, 0.25) is 0 Å². The molecule has 0 unspecified atom stereocenters. The molecule has 3 fully saturated rings. The van der Waals surface area contributed by atoms with Gasteiger partial charge in [-0.15, -0.1) is 0 Å². The van der Waals surface area contributed by atoms with Gasteiger partial charge in [-0.1, -0.05) is 30.3 Å². The minimum Gasteiger partial charge on any atom is -0.295 e. The molecule has 1 aromatic carbocycles. The van der Waals surface area contributed by atoms with E-state index in [0.29, 0.717) is 11.0 Å². The maximum absolute atomic E-state index is 2.78. The van der Waals surface area contributed by atoms with Gasteiger partial charge in [-0.3, -0.25) is 4.90 Å². The van der Waals surface area contributed by atoms with E-state index in [1.54, 1.807) is 0 Å². The first kappa shape index (κ1) is 13.2. The first-order valence-electron chi connectivity index (χ1n) is 7.79. The summed E-state index contributed by atoms with van der Waals surface area (Å²) in [5.41, 5.74) is 2.40. The molecule has 2 aliphatic heterocycles. The summed E-state index contributed by atoms with van der Waals surface area (Å²) < 4.78 is 0. The zero-order valence-electron chi connectivity index (χ0n) is 12.7. The molecule has 1 aliphatic carbocycles. The summed E-state index contributed by atoms with van der Waals surface area (Å²) in [5.74, 6) is 0. The monoisotopic (exact) mass is 257 g/mol. The summed E-state index contributed by atoms with van der Waals surface area (Å²) in [6, 6.07) is 11.9. The molecule has 1 saturated carbocycles. The van der Waals surface area contributed by atoms with Crippen molar-refractivity contribution in [2.45, 2.75) is 64.5 Å². The molecule has 3 aliphatic rings. The van der Waals surface area contributed by atoms with E-state index in [-0.39, 0.29) is 0 Å². The molecule has 0 atom stereocenters. The number of nitrogens with zero attached hydrogens (tertiary/aromatic N) is 1. The second-order valence-corrected chi connectivity index (χ2v) is 7.69. The maximum Gasteiger partial charge on any atom is 0.0128 e. The smallest absolute Gasteiger partial charge is 0.0128 e. The lowest BCUT2D eigenvalue weighted by molar-refractivity contribution is -0.0677. The first-order chi connectivity index (χ1) is 8.99. The normalized spacial score (nSPS) is 31.6. The van der Waals surface area contributed by atoms with Crippen LogP contribution in [0, 0.1) is 5.41 Å². The van der Waals surface area contributed by atoms with Crippen LogP contribution in [0.4, 0.5) is 0 Å². The number of rotatable bonds is 2. The van der Waals surface area contributed by atoms with E-state index in [4.69, 9.17) is 0 Å². The quantitative estimate of drug-likeness (QED) is 0.764. The minimum absolute atomic E-state index is 0.327. The Balaban J connectivity index is 1.80. The fourth-order valence-electron chi connectivity index (χ4n) is 4.22. The molecule has 2 heterocycles. The molecule has 2 saturated heterocycles. The third-order valence-corrected chi connectivity index (χ3v) is 5.25. The summed E-state index contributed by atoms with van der Waals surface area (Å²) in [5, 5.41) is 0. The van der Waals surface area contributed by atoms with Crippen LogP contribution in [0.5, 0.6) is 0 Å². The van der Waals surface area contributed by atoms with Crippen molar-refractivity contribution < 1.29 is 0 Å². The predicted molar refractivity (Wildman–Crippen MR) is 81.3 cm³/mol. The second kappa shape index (κ2) is 4.63. The summed E-state index contributed by atoms with van der Waals surface area (Å²) in [6.07, 6.45) is 6.94. The highest BCUT2D eigenvalue weighted by atomic mass is 15.2. The standard InChI is InChI=1S/C18H27N/c1-17(2,3)19-14-18(11-9-16(19)10-12-18)13-15-7-5-4-6-8-15/h4-8,16H,9-14H2,1-3H3. The molecule has 0 N–H and O–H groups in total. The van der Waals surface area contributed by atoms with Gasteiger partial charge in [-0.2, -0.15) is 0 Å². The van der Waals surface area contributed by atoms with Gasteiger partial charge >= 0.3 is 0 Å². The van der Waals surface area contributed by atoms with Crippen molar-refractivity contribution in [1.82, 2.24) is 4.90 Å². The van der Waals surface area contributed by atoms with Gasteiger partial charge in [0.15, 0.2) is 0 Å². The van der Waals surface area contributed by atoms with Gasteiger partial charge in [0.1, 0.15) is 0 Å². The molecule has 0 aromatic heterocycles. The minimum atomic E-state index is 0.327. The van der Waals surface area contributed by atoms with Crippen molar-refractivity contribution in [3.63, 3.8) is 0 Å². The Morgan fingerprint density at radius 3 is 2.32 bits per heavy atom. The van der Waals surface area contributed by atoms with Crippen molar-refractivity contribution in [2.24, 2.45) is 5.41 Å². The zero-order chi connectivity index (χ0) is 13.5. The molecule has 2 bridgehead atoms. The van der Waals surface area contributed by atoms with Crippen LogP contribution in [0.25, 0.3) is 0 Å². The molecular weight excluding hydrogens is 230 g/mol. The Labute approximate surface area is 118 Å². The van der Waals surface area contributed by atoms with Crippen LogP contribution in [0.15, 0.2) is 30.3 Å². The van der Waals surface area contributed by atoms with E-state index in [2.05, 4.69) is 56.0 Å². The fourth-order valence-corrected chi connectivity index (χ4v) is 4.22. The Kier molecular flexibility index (Phi) is 3.21. The van der Waals surface area contributed by atoms with Crippen LogP contribution in [-0.4, -0.2) is 23.0 Å². The molecule has 0 amide bonds. The number of piperidine rings is 2. The highest BCUT2D eigenvalue weighted by molar-refractivity contribution is 5.18.